The Morgan fingerprint density at radius 1 is 1.08 bits per heavy atom. The van der Waals surface area contributed by atoms with E-state index in [0.29, 0.717) is 48.9 Å². The van der Waals surface area contributed by atoms with E-state index in [1.54, 1.807) is 20.0 Å². The second-order valence-electron chi connectivity index (χ2n) is 11.2. The van der Waals surface area contributed by atoms with E-state index < -0.39 is 23.2 Å². The third kappa shape index (κ3) is 4.84. The van der Waals surface area contributed by atoms with Crippen molar-refractivity contribution in [2.75, 3.05) is 6.61 Å². The Morgan fingerprint density at radius 2 is 1.87 bits per heavy atom. The number of alkyl halides is 3. The van der Waals surface area contributed by atoms with E-state index in [9.17, 15) is 22.7 Å². The van der Waals surface area contributed by atoms with E-state index in [1.807, 2.05) is 6.07 Å². The minimum atomic E-state index is -4.76. The lowest BCUT2D eigenvalue weighted by atomic mass is 9.73. The summed E-state index contributed by atoms with van der Waals surface area (Å²) < 4.78 is 68.0. The fraction of sp³-hybridized carbons (Fsp3) is 0.448. The van der Waals surface area contributed by atoms with Crippen molar-refractivity contribution in [1.29, 1.82) is 0 Å². The fourth-order valence-electron chi connectivity index (χ4n) is 5.96. The molecule has 2 aromatic heterocycles. The number of rotatable bonds is 7. The third-order valence-electron chi connectivity index (χ3n) is 7.95. The first-order valence-corrected chi connectivity index (χ1v) is 12.8. The van der Waals surface area contributed by atoms with E-state index in [4.69, 9.17) is 9.47 Å². The Morgan fingerprint density at radius 3 is 2.58 bits per heavy atom. The molecule has 3 aliphatic carbocycles. The number of nitrogens with zero attached hydrogens (tertiary/aromatic N) is 2. The highest BCUT2D eigenvalue weighted by Gasteiger charge is 2.45. The largest absolute Gasteiger partial charge is 0.477 e. The third-order valence-corrected chi connectivity index (χ3v) is 7.95. The van der Waals surface area contributed by atoms with Crippen LogP contribution in [0.15, 0.2) is 36.5 Å². The van der Waals surface area contributed by atoms with Crippen molar-refractivity contribution < 1.29 is 32.1 Å². The second kappa shape index (κ2) is 8.93. The molecule has 1 N–H and O–H groups in total. The molecule has 5 nitrogen and oxygen atoms in total. The lowest BCUT2D eigenvalue weighted by Crippen LogP contribution is -2.43. The van der Waals surface area contributed by atoms with Gasteiger partial charge in [0, 0.05) is 35.2 Å². The Bertz CT molecular complexity index is 1400. The molecule has 38 heavy (non-hydrogen) atoms. The highest BCUT2D eigenvalue weighted by molar-refractivity contribution is 5.71. The van der Waals surface area contributed by atoms with Crippen LogP contribution >= 0.6 is 0 Å². The summed E-state index contributed by atoms with van der Waals surface area (Å²) in [5.74, 6) is 1.10. The predicted molar refractivity (Wildman–Crippen MR) is 131 cm³/mol. The maximum absolute atomic E-state index is 14.8. The maximum atomic E-state index is 14.8. The van der Waals surface area contributed by atoms with Gasteiger partial charge >= 0.3 is 6.18 Å². The van der Waals surface area contributed by atoms with Gasteiger partial charge in [0.2, 0.25) is 11.8 Å². The van der Waals surface area contributed by atoms with Gasteiger partial charge in [-0.05, 0) is 92.2 Å². The highest BCUT2D eigenvalue weighted by atomic mass is 19.4. The van der Waals surface area contributed by atoms with E-state index >= 15 is 0 Å². The first-order valence-electron chi connectivity index (χ1n) is 12.8. The average molecular weight is 529 g/mol. The van der Waals surface area contributed by atoms with Crippen LogP contribution in [0.3, 0.4) is 0 Å². The Labute approximate surface area is 217 Å². The van der Waals surface area contributed by atoms with E-state index in [1.165, 1.54) is 35.7 Å². The highest BCUT2D eigenvalue weighted by Crippen LogP contribution is 2.56. The molecule has 0 radical (unpaired) electrons. The summed E-state index contributed by atoms with van der Waals surface area (Å²) in [7, 11) is 0. The number of ether oxygens (including phenoxy) is 2. The molecule has 0 aliphatic heterocycles. The molecule has 2 saturated carbocycles. The van der Waals surface area contributed by atoms with E-state index in [-0.39, 0.29) is 35.1 Å². The minimum absolute atomic E-state index is 0.00471. The van der Waals surface area contributed by atoms with Crippen LogP contribution in [0.1, 0.15) is 60.1 Å². The first-order chi connectivity index (χ1) is 18.0. The molecule has 0 spiro atoms. The van der Waals surface area contributed by atoms with Crippen LogP contribution in [0.25, 0.3) is 11.1 Å². The van der Waals surface area contributed by atoms with Crippen LogP contribution in [-0.2, 0) is 19.2 Å². The molecule has 200 valence electrons. The van der Waals surface area contributed by atoms with Crippen molar-refractivity contribution in [2.45, 2.75) is 63.8 Å². The monoisotopic (exact) mass is 528 g/mol. The van der Waals surface area contributed by atoms with Gasteiger partial charge in [-0.3, -0.25) is 0 Å². The number of hydrogen-bond donors (Lipinski definition) is 1. The summed E-state index contributed by atoms with van der Waals surface area (Å²) in [5.41, 5.74) is 1.04. The lowest BCUT2D eigenvalue weighted by molar-refractivity contribution is -0.137. The van der Waals surface area contributed by atoms with Gasteiger partial charge < -0.3 is 14.6 Å². The van der Waals surface area contributed by atoms with Gasteiger partial charge in [0.1, 0.15) is 12.4 Å². The van der Waals surface area contributed by atoms with Crippen molar-refractivity contribution in [1.82, 2.24) is 9.97 Å². The topological polar surface area (TPSA) is 64.5 Å². The molecule has 3 aromatic rings. The van der Waals surface area contributed by atoms with Crippen molar-refractivity contribution in [2.24, 2.45) is 11.8 Å². The number of fused-ring (bicyclic) bond motifs is 3. The van der Waals surface area contributed by atoms with Gasteiger partial charge in [-0.15, -0.1) is 0 Å². The second-order valence-corrected chi connectivity index (χ2v) is 11.2. The molecule has 2 heterocycles. The van der Waals surface area contributed by atoms with Crippen LogP contribution in [0, 0.1) is 24.6 Å². The number of benzene rings is 1. The van der Waals surface area contributed by atoms with Crippen molar-refractivity contribution >= 4 is 0 Å². The van der Waals surface area contributed by atoms with Gasteiger partial charge in [0.15, 0.2) is 0 Å². The molecule has 2 unspecified atom stereocenters. The molecule has 2 fully saturated rings. The molecule has 3 aliphatic rings. The zero-order chi connectivity index (χ0) is 26.8. The summed E-state index contributed by atoms with van der Waals surface area (Å²) in [6.45, 7) is 3.47. The molecule has 0 amide bonds. The smallest absolute Gasteiger partial charge is 0.417 e. The van der Waals surface area contributed by atoms with Crippen LogP contribution in [-0.4, -0.2) is 27.3 Å². The summed E-state index contributed by atoms with van der Waals surface area (Å²) in [6, 6.07) is 6.57. The Balaban J connectivity index is 1.23. The molecule has 2 atom stereocenters. The number of aromatic nitrogens is 2. The van der Waals surface area contributed by atoms with Gasteiger partial charge in [-0.25, -0.2) is 14.4 Å². The Hall–Kier alpha value is -3.20. The van der Waals surface area contributed by atoms with Crippen LogP contribution in [0.5, 0.6) is 11.8 Å². The van der Waals surface area contributed by atoms with E-state index in [2.05, 4.69) is 9.97 Å². The molecule has 0 saturated heterocycles. The van der Waals surface area contributed by atoms with Crippen molar-refractivity contribution in [3.63, 3.8) is 0 Å². The molecule has 6 rings (SSSR count). The van der Waals surface area contributed by atoms with Gasteiger partial charge in [-0.2, -0.15) is 13.2 Å². The molecule has 9 heteroatoms. The molecule has 1 aromatic carbocycles. The molecular formula is C29H28F4N2O3. The average Bonchev–Trinajstić information content (AvgIpc) is 3.50. The molecule has 0 bridgehead atoms. The normalized spacial score (nSPS) is 25.4. The van der Waals surface area contributed by atoms with Crippen LogP contribution in [0.4, 0.5) is 17.6 Å². The lowest BCUT2D eigenvalue weighted by Gasteiger charge is -2.40. The van der Waals surface area contributed by atoms with Crippen LogP contribution in [0.2, 0.25) is 0 Å². The van der Waals surface area contributed by atoms with Crippen LogP contribution < -0.4 is 9.47 Å². The number of hydrogen-bond acceptors (Lipinski definition) is 5. The summed E-state index contributed by atoms with van der Waals surface area (Å²) in [6.07, 6.45) is 0.456. The number of aliphatic hydroxyl groups is 1. The van der Waals surface area contributed by atoms with Gasteiger partial charge in [0.05, 0.1) is 17.8 Å². The summed E-state index contributed by atoms with van der Waals surface area (Å²) in [5, 5.41) is 9.87. The summed E-state index contributed by atoms with van der Waals surface area (Å²) >= 11 is 0. The fourth-order valence-corrected chi connectivity index (χ4v) is 5.96. The zero-order valence-electron chi connectivity index (χ0n) is 21.1. The van der Waals surface area contributed by atoms with Crippen molar-refractivity contribution in [3.8, 4) is 22.9 Å². The predicted octanol–water partition coefficient (Wildman–Crippen LogP) is 6.39. The Kier molecular flexibility index (Phi) is 5.90. The SMILES string of the molecule is Cc1nc(OCC2CC(C)(O)C2)ccc1-c1cc(COc2cc3c(cn2)C2CC2C3)c(F)cc1C(F)(F)F. The minimum Gasteiger partial charge on any atom is -0.477 e. The molecular weight excluding hydrogens is 500 g/mol. The quantitative estimate of drug-likeness (QED) is 0.360. The van der Waals surface area contributed by atoms with Crippen molar-refractivity contribution in [3.05, 3.63) is 70.3 Å². The first kappa shape index (κ1) is 25.1. The zero-order valence-corrected chi connectivity index (χ0v) is 21.1. The maximum Gasteiger partial charge on any atom is 0.417 e. The number of pyridine rings is 2. The van der Waals surface area contributed by atoms with E-state index in [0.717, 1.165) is 6.42 Å². The van der Waals surface area contributed by atoms with Gasteiger partial charge in [0.25, 0.3) is 0 Å². The number of halogens is 4. The summed E-state index contributed by atoms with van der Waals surface area (Å²) in [4.78, 5) is 8.66. The van der Waals surface area contributed by atoms with Gasteiger partial charge in [-0.1, -0.05) is 0 Å². The standard InChI is InChI=1S/C29H28F4N2O3/c1-15-20(3-4-26(35-15)37-13-16-10-28(2,36)11-16)22-7-19(25(30)9-24(22)29(31,32)33)14-38-27-8-18-5-17-6-21(17)23(18)12-34-27/h3-4,7-9,12,16-17,21,36H,5-6,10-11,13-14H2,1-2H3. The number of aryl methyl sites for hydroxylation is 1.